The van der Waals surface area contributed by atoms with Crippen LogP contribution >= 0.6 is 10.0 Å². The van der Waals surface area contributed by atoms with Crippen LogP contribution in [0.3, 0.4) is 0 Å². The number of hydrogen-bond acceptors (Lipinski definition) is 7. The molecule has 5 rings (SSSR count). The van der Waals surface area contributed by atoms with E-state index in [9.17, 15) is 5.26 Å². The van der Waals surface area contributed by atoms with Gasteiger partial charge in [0.2, 0.25) is 0 Å². The maximum atomic E-state index is 9.57. The van der Waals surface area contributed by atoms with E-state index < -0.39 is 10.0 Å². The highest BCUT2D eigenvalue weighted by atomic mass is 32.3. The molecule has 3 aromatic rings. The van der Waals surface area contributed by atoms with Crippen molar-refractivity contribution in [2.24, 2.45) is 0 Å². The first-order valence-corrected chi connectivity index (χ1v) is 15.3. The van der Waals surface area contributed by atoms with E-state index in [-0.39, 0.29) is 5.54 Å². The standard InChI is InChI=1S/C25H36N8OS/c1-35(2,3)13-12-34-19-31-11-6-22-23(28-18-29-24(22)31)20-14-30-33(15-20)25(7-8-26)16-32(17-25)21-4-9-27-10-5-21/h6,11,14-15,18,21,27H,4-5,7,9-10,12-13,16-17,19H2,1-3H3. The number of ether oxygens (including phenoxy) is 1. The third kappa shape index (κ3) is 5.09. The Hall–Kier alpha value is -2.45. The fourth-order valence-electron chi connectivity index (χ4n) is 5.14. The molecule has 0 radical (unpaired) electrons. The molecule has 2 aliphatic rings. The van der Waals surface area contributed by atoms with E-state index in [1.54, 1.807) is 6.33 Å². The summed E-state index contributed by atoms with van der Waals surface area (Å²) in [5, 5.41) is 18.7. The highest BCUT2D eigenvalue weighted by molar-refractivity contribution is 8.32. The highest BCUT2D eigenvalue weighted by Crippen LogP contribution is 2.37. The predicted molar refractivity (Wildman–Crippen MR) is 141 cm³/mol. The summed E-state index contributed by atoms with van der Waals surface area (Å²) in [6.45, 7) is 5.12. The highest BCUT2D eigenvalue weighted by Gasteiger charge is 2.47. The number of aromatic nitrogens is 5. The molecule has 0 unspecified atom stereocenters. The Bertz CT molecular complexity index is 1190. The summed E-state index contributed by atoms with van der Waals surface area (Å²) < 4.78 is 9.97. The van der Waals surface area contributed by atoms with Gasteiger partial charge in [0.1, 0.15) is 24.2 Å². The van der Waals surface area contributed by atoms with E-state index in [2.05, 4.69) is 51.2 Å². The Balaban J connectivity index is 1.32. The fourth-order valence-corrected chi connectivity index (χ4v) is 5.76. The van der Waals surface area contributed by atoms with Crippen LogP contribution in [0, 0.1) is 11.3 Å². The first-order chi connectivity index (χ1) is 16.9. The Morgan fingerprint density at radius 3 is 2.77 bits per heavy atom. The third-order valence-corrected chi connectivity index (χ3v) is 8.59. The van der Waals surface area contributed by atoms with Gasteiger partial charge in [-0.3, -0.25) is 9.58 Å². The van der Waals surface area contributed by atoms with Gasteiger partial charge in [0, 0.05) is 48.2 Å². The fraction of sp³-hybridized carbons (Fsp3) is 0.600. The molecule has 0 atom stereocenters. The maximum absolute atomic E-state index is 9.57. The van der Waals surface area contributed by atoms with E-state index in [4.69, 9.17) is 9.84 Å². The van der Waals surface area contributed by atoms with Crippen molar-refractivity contribution in [1.29, 1.82) is 5.26 Å². The molecule has 0 aromatic carbocycles. The van der Waals surface area contributed by atoms with Crippen LogP contribution in [0.15, 0.2) is 31.0 Å². The van der Waals surface area contributed by atoms with E-state index in [1.165, 1.54) is 12.8 Å². The van der Waals surface area contributed by atoms with E-state index in [1.807, 2.05) is 27.7 Å². The zero-order valence-electron chi connectivity index (χ0n) is 21.0. The summed E-state index contributed by atoms with van der Waals surface area (Å²) in [5.41, 5.74) is 2.41. The van der Waals surface area contributed by atoms with Crippen LogP contribution in [0.5, 0.6) is 0 Å². The summed E-state index contributed by atoms with van der Waals surface area (Å²) in [5.74, 6) is 1.09. The Kier molecular flexibility index (Phi) is 6.86. The number of fused-ring (bicyclic) bond motifs is 1. The van der Waals surface area contributed by atoms with E-state index in [0.717, 1.165) is 60.8 Å². The smallest absolute Gasteiger partial charge is 0.145 e. The second-order valence-electron chi connectivity index (χ2n) is 10.7. The number of rotatable bonds is 9. The molecule has 10 heteroatoms. The van der Waals surface area contributed by atoms with Crippen LogP contribution in [-0.4, -0.2) is 92.6 Å². The summed E-state index contributed by atoms with van der Waals surface area (Å²) >= 11 is 0. The second kappa shape index (κ2) is 9.90. The average Bonchev–Trinajstić information content (AvgIpc) is 3.47. The van der Waals surface area contributed by atoms with Crippen molar-refractivity contribution < 1.29 is 4.74 Å². The molecule has 0 spiro atoms. The van der Waals surface area contributed by atoms with Crippen LogP contribution in [0.4, 0.5) is 0 Å². The number of nitrogens with one attached hydrogen (secondary N) is 1. The van der Waals surface area contributed by atoms with Crippen LogP contribution in [0.2, 0.25) is 0 Å². The van der Waals surface area contributed by atoms with Gasteiger partial charge in [-0.15, -0.1) is 0 Å². The molecule has 2 saturated heterocycles. The van der Waals surface area contributed by atoms with Crippen molar-refractivity contribution in [2.75, 3.05) is 57.3 Å². The predicted octanol–water partition coefficient (Wildman–Crippen LogP) is 2.64. The average molecular weight is 497 g/mol. The number of likely N-dealkylation sites (tertiary alicyclic amines) is 1. The van der Waals surface area contributed by atoms with Gasteiger partial charge in [0.15, 0.2) is 0 Å². The van der Waals surface area contributed by atoms with Crippen molar-refractivity contribution in [3.8, 4) is 17.3 Å². The number of piperidine rings is 1. The van der Waals surface area contributed by atoms with Gasteiger partial charge in [-0.05, 0) is 50.8 Å². The number of hydrogen-bond donors (Lipinski definition) is 1. The van der Waals surface area contributed by atoms with Gasteiger partial charge in [-0.25, -0.2) is 20.0 Å². The molecular formula is C25H36N8OS. The largest absolute Gasteiger partial charge is 0.360 e. The molecule has 0 aliphatic carbocycles. The Labute approximate surface area is 208 Å². The monoisotopic (exact) mass is 496 g/mol. The minimum Gasteiger partial charge on any atom is -0.360 e. The van der Waals surface area contributed by atoms with Crippen molar-refractivity contribution in [3.63, 3.8) is 0 Å². The molecule has 0 bridgehead atoms. The lowest BCUT2D eigenvalue weighted by atomic mass is 9.84. The second-order valence-corrected chi connectivity index (χ2v) is 15.3. The Morgan fingerprint density at radius 2 is 2.03 bits per heavy atom. The molecule has 9 nitrogen and oxygen atoms in total. The summed E-state index contributed by atoms with van der Waals surface area (Å²) in [7, 11) is -0.567. The molecule has 188 valence electrons. The van der Waals surface area contributed by atoms with Gasteiger partial charge in [0.05, 0.1) is 31.0 Å². The van der Waals surface area contributed by atoms with Crippen molar-refractivity contribution in [1.82, 2.24) is 34.5 Å². The molecule has 2 fully saturated rings. The molecule has 3 aromatic heterocycles. The first kappa shape index (κ1) is 24.3. The summed E-state index contributed by atoms with van der Waals surface area (Å²) in [4.78, 5) is 11.6. The quantitative estimate of drug-likeness (QED) is 0.455. The van der Waals surface area contributed by atoms with E-state index >= 15 is 0 Å². The summed E-state index contributed by atoms with van der Waals surface area (Å²) in [6, 6.07) is 5.06. The maximum Gasteiger partial charge on any atom is 0.145 e. The minimum absolute atomic E-state index is 0.265. The lowest BCUT2D eigenvalue weighted by Crippen LogP contribution is -2.66. The van der Waals surface area contributed by atoms with Crippen molar-refractivity contribution in [2.45, 2.75) is 37.6 Å². The Morgan fingerprint density at radius 1 is 1.23 bits per heavy atom. The van der Waals surface area contributed by atoms with Gasteiger partial charge < -0.3 is 14.6 Å². The summed E-state index contributed by atoms with van der Waals surface area (Å²) in [6.07, 6.45) is 17.2. The molecule has 0 amide bonds. The van der Waals surface area contributed by atoms with Gasteiger partial charge in [-0.2, -0.15) is 10.4 Å². The molecule has 0 saturated carbocycles. The molecule has 2 aliphatic heterocycles. The SMILES string of the molecule is CS(C)(C)CCOCn1ccc2c(-c3cnn(C4(CC#N)CN(C5CCNCC5)C4)c3)ncnc21. The first-order valence-electron chi connectivity index (χ1n) is 12.3. The van der Waals surface area contributed by atoms with Gasteiger partial charge >= 0.3 is 0 Å². The zero-order chi connectivity index (χ0) is 24.5. The molecule has 5 heterocycles. The molecule has 1 N–H and O–H groups in total. The number of nitriles is 1. The normalized spacial score (nSPS) is 19.5. The van der Waals surface area contributed by atoms with Crippen LogP contribution in [-0.2, 0) is 17.0 Å². The van der Waals surface area contributed by atoms with Gasteiger partial charge in [0.25, 0.3) is 0 Å². The molecule has 35 heavy (non-hydrogen) atoms. The zero-order valence-corrected chi connectivity index (χ0v) is 21.8. The van der Waals surface area contributed by atoms with Crippen molar-refractivity contribution >= 4 is 21.1 Å². The minimum atomic E-state index is -0.567. The van der Waals surface area contributed by atoms with Crippen LogP contribution in [0.1, 0.15) is 19.3 Å². The van der Waals surface area contributed by atoms with Crippen LogP contribution < -0.4 is 5.32 Å². The van der Waals surface area contributed by atoms with E-state index in [0.29, 0.717) is 19.2 Å². The lowest BCUT2D eigenvalue weighted by Gasteiger charge is -2.53. The topological polar surface area (TPSA) is 96.8 Å². The lowest BCUT2D eigenvalue weighted by molar-refractivity contribution is -0.0339. The third-order valence-electron chi connectivity index (χ3n) is 7.20. The molecular weight excluding hydrogens is 460 g/mol. The van der Waals surface area contributed by atoms with Gasteiger partial charge in [-0.1, -0.05) is 0 Å². The van der Waals surface area contributed by atoms with Crippen LogP contribution in [0.25, 0.3) is 22.3 Å². The van der Waals surface area contributed by atoms with Crippen molar-refractivity contribution in [3.05, 3.63) is 31.0 Å². The number of nitrogens with zero attached hydrogens (tertiary/aromatic N) is 7.